The Morgan fingerprint density at radius 2 is 1.35 bits per heavy atom. The van der Waals surface area contributed by atoms with Crippen molar-refractivity contribution >= 4 is 10.8 Å². The number of benzene rings is 1. The molecule has 9 atom stereocenters. The average molecular weight is 518 g/mol. The Bertz CT molecular complexity index is 1170. The molecule has 1 aromatic heterocycles. The highest BCUT2D eigenvalue weighted by Gasteiger charge is 2.42. The van der Waals surface area contributed by atoms with Gasteiger partial charge in [0, 0.05) is 47.8 Å². The van der Waals surface area contributed by atoms with E-state index in [0.29, 0.717) is 16.5 Å². The predicted octanol–water partition coefficient (Wildman–Crippen LogP) is -2.74. The molecule has 0 saturated carbocycles. The van der Waals surface area contributed by atoms with E-state index in [-0.39, 0.29) is 13.0 Å². The molecule has 200 valence electrons. The second-order valence-electron chi connectivity index (χ2n) is 8.52. The number of pyridine rings is 1. The van der Waals surface area contributed by atoms with Crippen molar-refractivity contribution in [2.24, 2.45) is 0 Å². The number of rotatable bonds is 2. The van der Waals surface area contributed by atoms with Crippen LogP contribution >= 0.6 is 0 Å². The summed E-state index contributed by atoms with van der Waals surface area (Å²) < 4.78 is 11.0. The van der Waals surface area contributed by atoms with Crippen LogP contribution in [0.5, 0.6) is 0 Å². The minimum absolute atomic E-state index is 0.0434. The predicted molar refractivity (Wildman–Crippen MR) is 130 cm³/mol. The van der Waals surface area contributed by atoms with Crippen molar-refractivity contribution in [2.75, 3.05) is 20.3 Å². The third-order valence-corrected chi connectivity index (χ3v) is 6.17. The molecule has 11 heteroatoms. The number of aliphatic hydroxyl groups excluding tert-OH is 8. The molecular formula is C26H31NO10. The topological polar surface area (TPSA) is 193 Å². The Balaban J connectivity index is 0.00000186. The zero-order valence-electron chi connectivity index (χ0n) is 20.0. The number of hydrogen-bond acceptors (Lipinski definition) is 11. The summed E-state index contributed by atoms with van der Waals surface area (Å²) in [6.45, 7) is -0.927. The third-order valence-electron chi connectivity index (χ3n) is 6.17. The molecular weight excluding hydrogens is 486 g/mol. The lowest BCUT2D eigenvalue weighted by Crippen LogP contribution is -2.58. The average Bonchev–Trinajstić information content (AvgIpc) is 2.92. The quantitative estimate of drug-likeness (QED) is 0.193. The van der Waals surface area contributed by atoms with Gasteiger partial charge in [-0.05, 0) is 18.2 Å². The van der Waals surface area contributed by atoms with Gasteiger partial charge in [-0.1, -0.05) is 23.7 Å². The number of aliphatic hydroxyl groups is 8. The molecule has 37 heavy (non-hydrogen) atoms. The molecule has 2 aromatic rings. The van der Waals surface area contributed by atoms with Gasteiger partial charge in [-0.25, -0.2) is 0 Å². The Labute approximate surface area is 213 Å². The zero-order valence-corrected chi connectivity index (χ0v) is 20.0. The van der Waals surface area contributed by atoms with Crippen LogP contribution < -0.4 is 0 Å². The molecule has 2 saturated heterocycles. The fourth-order valence-electron chi connectivity index (χ4n) is 4.11. The molecule has 0 spiro atoms. The van der Waals surface area contributed by atoms with Crippen LogP contribution in [0.4, 0.5) is 0 Å². The van der Waals surface area contributed by atoms with Gasteiger partial charge in [-0.2, -0.15) is 0 Å². The molecule has 4 rings (SSSR count). The number of nitrogens with zero attached hydrogens (tertiary/aromatic N) is 1. The maximum atomic E-state index is 10.2. The summed E-state index contributed by atoms with van der Waals surface area (Å²) in [6.07, 6.45) is -7.05. The normalized spacial score (nSPS) is 33.3. The first-order valence-electron chi connectivity index (χ1n) is 11.6. The number of aromatic nitrogens is 1. The van der Waals surface area contributed by atoms with Crippen LogP contribution in [0.1, 0.15) is 17.5 Å². The summed E-state index contributed by atoms with van der Waals surface area (Å²) in [5.41, 5.74) is 1.16. The van der Waals surface area contributed by atoms with Gasteiger partial charge in [0.15, 0.2) is 0 Å². The number of hydrogen-bond donors (Lipinski definition) is 8. The molecule has 7 unspecified atom stereocenters. The van der Waals surface area contributed by atoms with Gasteiger partial charge >= 0.3 is 0 Å². The molecule has 2 aliphatic heterocycles. The van der Waals surface area contributed by atoms with E-state index in [1.807, 2.05) is 0 Å². The Hall–Kier alpha value is -2.65. The maximum absolute atomic E-state index is 10.2. The second kappa shape index (κ2) is 13.2. The number of fused-ring (bicyclic) bond motifs is 1. The van der Waals surface area contributed by atoms with E-state index in [9.17, 15) is 35.7 Å². The summed E-state index contributed by atoms with van der Waals surface area (Å²) in [5, 5.41) is 77.2. The Morgan fingerprint density at radius 1 is 0.757 bits per heavy atom. The summed E-state index contributed by atoms with van der Waals surface area (Å²) in [4.78, 5) is 4.14. The lowest BCUT2D eigenvalue weighted by atomic mass is 9.95. The number of ether oxygens (including phenoxy) is 2. The molecule has 8 N–H and O–H groups in total. The van der Waals surface area contributed by atoms with Gasteiger partial charge in [-0.15, -0.1) is 0 Å². The van der Waals surface area contributed by atoms with E-state index < -0.39 is 61.5 Å². The van der Waals surface area contributed by atoms with Crippen LogP contribution in [0, 0.1) is 23.7 Å². The van der Waals surface area contributed by atoms with Crippen LogP contribution in [-0.4, -0.2) is 121 Å². The molecule has 2 fully saturated rings. The zero-order chi connectivity index (χ0) is 27.1. The van der Waals surface area contributed by atoms with Crippen molar-refractivity contribution in [3.63, 3.8) is 0 Å². The van der Waals surface area contributed by atoms with Crippen LogP contribution in [0.2, 0.25) is 0 Å². The SMILES string of the molecule is CO.OCC1OC(C#Cc2ccc(C#CC3OC(CO)[C@@H](O)CC3O)c3ccncc23)C(O)C(O)[C@@H]1O. The van der Waals surface area contributed by atoms with E-state index in [4.69, 9.17) is 14.6 Å². The van der Waals surface area contributed by atoms with Crippen molar-refractivity contribution < 1.29 is 50.3 Å². The van der Waals surface area contributed by atoms with E-state index in [1.54, 1.807) is 30.6 Å². The molecule has 1 aromatic carbocycles. The molecule has 0 radical (unpaired) electrons. The fourth-order valence-corrected chi connectivity index (χ4v) is 4.11. The Kier molecular flexibility index (Phi) is 10.3. The third kappa shape index (κ3) is 6.44. The summed E-state index contributed by atoms with van der Waals surface area (Å²) >= 11 is 0. The molecule has 0 aliphatic carbocycles. The maximum Gasteiger partial charge on any atom is 0.147 e. The van der Waals surface area contributed by atoms with Crippen LogP contribution in [0.25, 0.3) is 10.8 Å². The first-order valence-corrected chi connectivity index (χ1v) is 11.6. The van der Waals surface area contributed by atoms with Gasteiger partial charge in [0.2, 0.25) is 0 Å². The molecule has 0 amide bonds. The van der Waals surface area contributed by atoms with E-state index in [0.717, 1.165) is 12.5 Å². The van der Waals surface area contributed by atoms with Crippen molar-refractivity contribution in [3.05, 3.63) is 41.7 Å². The monoisotopic (exact) mass is 517 g/mol. The van der Waals surface area contributed by atoms with Gasteiger partial charge in [0.05, 0.1) is 25.4 Å². The first kappa shape index (κ1) is 28.9. The summed E-state index contributed by atoms with van der Waals surface area (Å²) in [6, 6.07) is 5.17. The van der Waals surface area contributed by atoms with E-state index in [1.165, 1.54) is 0 Å². The Morgan fingerprint density at radius 3 is 2.00 bits per heavy atom. The standard InChI is InChI=1S/C25H27NO9.CH4O/c27-11-21-18(30)9-17(29)19(34-21)5-3-13-1-2-14(16-10-26-8-7-15(13)16)4-6-20-23(31)25(33)24(32)22(12-28)35-20;1-2/h1-2,7-8,10,17-25,27-33H,9,11-12H2;2H,1H3/t17?,18-,19?,20?,21?,22?,23?,24+,25?;/m0./s1. The summed E-state index contributed by atoms with van der Waals surface area (Å²) in [5.74, 6) is 11.5. The minimum atomic E-state index is -1.51. The van der Waals surface area contributed by atoms with Crippen molar-refractivity contribution in [3.8, 4) is 23.7 Å². The molecule has 0 bridgehead atoms. The van der Waals surface area contributed by atoms with Gasteiger partial charge < -0.3 is 50.3 Å². The van der Waals surface area contributed by atoms with Crippen LogP contribution in [-0.2, 0) is 9.47 Å². The molecule has 11 nitrogen and oxygen atoms in total. The first-order chi connectivity index (χ1) is 17.8. The lowest BCUT2D eigenvalue weighted by Gasteiger charge is -2.37. The van der Waals surface area contributed by atoms with Crippen LogP contribution in [0.3, 0.4) is 0 Å². The van der Waals surface area contributed by atoms with Crippen molar-refractivity contribution in [1.82, 2.24) is 4.98 Å². The van der Waals surface area contributed by atoms with Gasteiger partial charge in [-0.3, -0.25) is 4.98 Å². The van der Waals surface area contributed by atoms with E-state index in [2.05, 4.69) is 28.7 Å². The molecule has 3 heterocycles. The molecule has 2 aliphatic rings. The van der Waals surface area contributed by atoms with Crippen molar-refractivity contribution in [1.29, 1.82) is 0 Å². The summed E-state index contributed by atoms with van der Waals surface area (Å²) in [7, 11) is 1.00. The minimum Gasteiger partial charge on any atom is -0.400 e. The van der Waals surface area contributed by atoms with Crippen molar-refractivity contribution in [2.45, 2.75) is 61.4 Å². The van der Waals surface area contributed by atoms with Crippen LogP contribution in [0.15, 0.2) is 30.6 Å². The largest absolute Gasteiger partial charge is 0.400 e. The van der Waals surface area contributed by atoms with Gasteiger partial charge in [0.25, 0.3) is 0 Å². The highest BCUT2D eigenvalue weighted by atomic mass is 16.5. The highest BCUT2D eigenvalue weighted by Crippen LogP contribution is 2.24. The van der Waals surface area contributed by atoms with E-state index >= 15 is 0 Å². The lowest BCUT2D eigenvalue weighted by molar-refractivity contribution is -0.214. The smallest absolute Gasteiger partial charge is 0.147 e. The fraction of sp³-hybridized carbons (Fsp3) is 0.500. The van der Waals surface area contributed by atoms with Gasteiger partial charge in [0.1, 0.15) is 42.7 Å². The second-order valence-corrected chi connectivity index (χ2v) is 8.52. The highest BCUT2D eigenvalue weighted by molar-refractivity contribution is 5.92.